The molecule has 0 aliphatic heterocycles. The summed E-state index contributed by atoms with van der Waals surface area (Å²) in [4.78, 5) is 0. The molecule has 1 nitrogen and oxygen atoms in total. The maximum atomic E-state index is 5.99. The quantitative estimate of drug-likeness (QED) is 0.754. The van der Waals surface area contributed by atoms with E-state index in [1.165, 1.54) is 29.5 Å². The number of rotatable bonds is 4. The van der Waals surface area contributed by atoms with Gasteiger partial charge in [-0.3, -0.25) is 0 Å². The van der Waals surface area contributed by atoms with Gasteiger partial charge in [0.1, 0.15) is 5.75 Å². The lowest BCUT2D eigenvalue weighted by molar-refractivity contribution is 0.249. The predicted octanol–water partition coefficient (Wildman–Crippen LogP) is 4.17. The number of aryl methyl sites for hydroxylation is 2. The minimum atomic E-state index is 0.421. The molecule has 0 N–H and O–H groups in total. The second kappa shape index (κ2) is 4.40. The van der Waals surface area contributed by atoms with Crippen LogP contribution in [0.3, 0.4) is 0 Å². The Balaban J connectivity index is 2.09. The fourth-order valence-corrected chi connectivity index (χ4v) is 2.60. The molecule has 0 saturated heterocycles. The zero-order chi connectivity index (χ0) is 11.8. The molecule has 0 unspecified atom stereocenters. The van der Waals surface area contributed by atoms with E-state index in [4.69, 9.17) is 4.74 Å². The van der Waals surface area contributed by atoms with Crippen molar-refractivity contribution in [2.24, 2.45) is 5.41 Å². The standard InChI is InChI=1S/C14H19BrO/c1-10-6-11(2)12(3)13(7-10)16-9-14(8-15)4-5-14/h6-7H,4-5,8-9H2,1-3H3. The largest absolute Gasteiger partial charge is 0.493 e. The number of hydrogen-bond acceptors (Lipinski definition) is 1. The van der Waals surface area contributed by atoms with Crippen LogP contribution >= 0.6 is 15.9 Å². The number of alkyl halides is 1. The molecule has 2 heteroatoms. The molecular weight excluding hydrogens is 264 g/mol. The van der Waals surface area contributed by atoms with E-state index in [2.05, 4.69) is 48.8 Å². The highest BCUT2D eigenvalue weighted by Gasteiger charge is 2.42. The molecular formula is C14H19BrO. The Kier molecular flexibility index (Phi) is 3.29. The molecule has 1 aliphatic carbocycles. The van der Waals surface area contributed by atoms with Gasteiger partial charge in [-0.25, -0.2) is 0 Å². The highest BCUT2D eigenvalue weighted by molar-refractivity contribution is 9.09. The molecule has 1 aliphatic rings. The Bertz CT molecular complexity index is 394. The molecule has 88 valence electrons. The van der Waals surface area contributed by atoms with E-state index in [9.17, 15) is 0 Å². The van der Waals surface area contributed by atoms with Gasteiger partial charge in [0.25, 0.3) is 0 Å². The molecule has 0 radical (unpaired) electrons. The monoisotopic (exact) mass is 282 g/mol. The lowest BCUT2D eigenvalue weighted by Crippen LogP contribution is -2.15. The number of hydrogen-bond donors (Lipinski definition) is 0. The SMILES string of the molecule is Cc1cc(C)c(C)c(OCC2(CBr)CC2)c1. The zero-order valence-electron chi connectivity index (χ0n) is 10.3. The highest BCUT2D eigenvalue weighted by Crippen LogP contribution is 2.47. The van der Waals surface area contributed by atoms with E-state index < -0.39 is 0 Å². The average molecular weight is 283 g/mol. The van der Waals surface area contributed by atoms with Gasteiger partial charge in [0.2, 0.25) is 0 Å². The van der Waals surface area contributed by atoms with Gasteiger partial charge in [-0.05, 0) is 56.4 Å². The molecule has 0 bridgehead atoms. The summed E-state index contributed by atoms with van der Waals surface area (Å²) >= 11 is 3.57. The van der Waals surface area contributed by atoms with E-state index in [1.54, 1.807) is 0 Å². The van der Waals surface area contributed by atoms with Crippen LogP contribution in [0.4, 0.5) is 0 Å². The van der Waals surface area contributed by atoms with Crippen molar-refractivity contribution in [1.29, 1.82) is 0 Å². The normalized spacial score (nSPS) is 17.2. The number of ether oxygens (including phenoxy) is 1. The summed E-state index contributed by atoms with van der Waals surface area (Å²) in [5.41, 5.74) is 4.29. The fraction of sp³-hybridized carbons (Fsp3) is 0.571. The van der Waals surface area contributed by atoms with Crippen LogP contribution in [0.1, 0.15) is 29.5 Å². The summed E-state index contributed by atoms with van der Waals surface area (Å²) < 4.78 is 5.99. The van der Waals surface area contributed by atoms with E-state index in [1.807, 2.05) is 0 Å². The molecule has 16 heavy (non-hydrogen) atoms. The Morgan fingerprint density at radius 1 is 1.25 bits per heavy atom. The van der Waals surface area contributed by atoms with Crippen molar-refractivity contribution in [2.45, 2.75) is 33.6 Å². The first-order valence-corrected chi connectivity index (χ1v) is 6.95. The molecule has 2 rings (SSSR count). The Labute approximate surface area is 106 Å². The summed E-state index contributed by atoms with van der Waals surface area (Å²) in [5.74, 6) is 1.06. The van der Waals surface area contributed by atoms with Crippen molar-refractivity contribution in [3.63, 3.8) is 0 Å². The molecule has 0 aromatic heterocycles. The molecule has 1 aromatic carbocycles. The van der Waals surface area contributed by atoms with E-state index in [0.717, 1.165) is 17.7 Å². The van der Waals surface area contributed by atoms with Crippen molar-refractivity contribution < 1.29 is 4.74 Å². The van der Waals surface area contributed by atoms with Crippen molar-refractivity contribution in [1.82, 2.24) is 0 Å². The van der Waals surface area contributed by atoms with E-state index in [0.29, 0.717) is 5.41 Å². The maximum Gasteiger partial charge on any atom is 0.122 e. The summed E-state index contributed by atoms with van der Waals surface area (Å²) in [6, 6.07) is 4.35. The van der Waals surface area contributed by atoms with Crippen LogP contribution in [-0.4, -0.2) is 11.9 Å². The van der Waals surface area contributed by atoms with Gasteiger partial charge in [0, 0.05) is 10.7 Å². The topological polar surface area (TPSA) is 9.23 Å². The van der Waals surface area contributed by atoms with Gasteiger partial charge >= 0.3 is 0 Å². The lowest BCUT2D eigenvalue weighted by atomic mass is 10.1. The molecule has 0 heterocycles. The first-order valence-electron chi connectivity index (χ1n) is 5.83. The Morgan fingerprint density at radius 3 is 2.50 bits per heavy atom. The lowest BCUT2D eigenvalue weighted by Gasteiger charge is -2.16. The second-order valence-corrected chi connectivity index (χ2v) is 5.69. The Morgan fingerprint density at radius 2 is 1.94 bits per heavy atom. The maximum absolute atomic E-state index is 5.99. The first-order chi connectivity index (χ1) is 7.56. The van der Waals surface area contributed by atoms with Crippen LogP contribution in [-0.2, 0) is 0 Å². The fourth-order valence-electron chi connectivity index (χ4n) is 1.87. The van der Waals surface area contributed by atoms with Crippen LogP contribution in [0, 0.1) is 26.2 Å². The summed E-state index contributed by atoms with van der Waals surface area (Å²) in [5, 5.41) is 1.06. The molecule has 0 atom stereocenters. The van der Waals surface area contributed by atoms with E-state index >= 15 is 0 Å². The Hall–Kier alpha value is -0.500. The first kappa shape index (κ1) is 12.0. The number of halogens is 1. The molecule has 1 saturated carbocycles. The van der Waals surface area contributed by atoms with Crippen LogP contribution in [0.15, 0.2) is 12.1 Å². The van der Waals surface area contributed by atoms with Gasteiger partial charge in [0.05, 0.1) is 6.61 Å². The van der Waals surface area contributed by atoms with Gasteiger partial charge in [0.15, 0.2) is 0 Å². The minimum absolute atomic E-state index is 0.421. The zero-order valence-corrected chi connectivity index (χ0v) is 11.9. The van der Waals surface area contributed by atoms with Crippen LogP contribution < -0.4 is 4.74 Å². The summed E-state index contributed by atoms with van der Waals surface area (Å²) in [7, 11) is 0. The molecule has 0 spiro atoms. The van der Waals surface area contributed by atoms with Crippen molar-refractivity contribution in [3.8, 4) is 5.75 Å². The van der Waals surface area contributed by atoms with E-state index in [-0.39, 0.29) is 0 Å². The van der Waals surface area contributed by atoms with Gasteiger partial charge < -0.3 is 4.74 Å². The van der Waals surface area contributed by atoms with Gasteiger partial charge in [-0.2, -0.15) is 0 Å². The minimum Gasteiger partial charge on any atom is -0.493 e. The predicted molar refractivity (Wildman–Crippen MR) is 71.6 cm³/mol. The second-order valence-electron chi connectivity index (χ2n) is 5.13. The van der Waals surface area contributed by atoms with Gasteiger partial charge in [-0.15, -0.1) is 0 Å². The van der Waals surface area contributed by atoms with Gasteiger partial charge in [-0.1, -0.05) is 22.0 Å². The summed E-state index contributed by atoms with van der Waals surface area (Å²) in [6.07, 6.45) is 2.59. The van der Waals surface area contributed by atoms with Crippen molar-refractivity contribution in [2.75, 3.05) is 11.9 Å². The molecule has 1 aromatic rings. The van der Waals surface area contributed by atoms with Crippen LogP contribution in [0.5, 0.6) is 5.75 Å². The van der Waals surface area contributed by atoms with Crippen LogP contribution in [0.2, 0.25) is 0 Å². The summed E-state index contributed by atoms with van der Waals surface area (Å²) in [6.45, 7) is 7.25. The van der Waals surface area contributed by atoms with Crippen molar-refractivity contribution >= 4 is 15.9 Å². The van der Waals surface area contributed by atoms with Crippen molar-refractivity contribution in [3.05, 3.63) is 28.8 Å². The highest BCUT2D eigenvalue weighted by atomic mass is 79.9. The third-order valence-corrected chi connectivity index (χ3v) is 4.73. The third kappa shape index (κ3) is 2.42. The van der Waals surface area contributed by atoms with Crippen LogP contribution in [0.25, 0.3) is 0 Å². The smallest absolute Gasteiger partial charge is 0.122 e. The molecule has 0 amide bonds. The average Bonchev–Trinajstić information content (AvgIpc) is 3.02. The third-order valence-electron chi connectivity index (χ3n) is 3.54. The molecule has 1 fully saturated rings. The number of benzene rings is 1.